The lowest BCUT2D eigenvalue weighted by molar-refractivity contribution is 0.403. The van der Waals surface area contributed by atoms with Crippen molar-refractivity contribution in [3.63, 3.8) is 0 Å². The molecule has 328 valence electrons. The minimum atomic E-state index is -1.47. The number of anilines is 4. The number of nitrogens with zero attached hydrogens (tertiary/aromatic N) is 8. The maximum Gasteiger partial charge on any atom is 0.492 e. The lowest BCUT2D eigenvalue weighted by atomic mass is 9.80. The zero-order valence-corrected chi connectivity index (χ0v) is 36.7. The monoisotopic (exact) mass is 894 g/mol. The smallest absolute Gasteiger partial charge is 0.492 e. The third-order valence-corrected chi connectivity index (χ3v) is 10.5. The fourth-order valence-corrected chi connectivity index (χ4v) is 7.31. The Kier molecular flexibility index (Phi) is 14.5. The van der Waals surface area contributed by atoms with Crippen molar-refractivity contribution in [3.05, 3.63) is 199 Å². The van der Waals surface area contributed by atoms with Gasteiger partial charge in [-0.2, -0.15) is 0 Å². The molecule has 0 aliphatic heterocycles. The Morgan fingerprint density at radius 1 is 0.530 bits per heavy atom. The highest BCUT2D eigenvalue weighted by Gasteiger charge is 2.15. The van der Waals surface area contributed by atoms with Gasteiger partial charge in [0.2, 0.25) is 0 Å². The van der Waals surface area contributed by atoms with Gasteiger partial charge in [-0.15, -0.1) is 0 Å². The van der Waals surface area contributed by atoms with Crippen LogP contribution in [0, 0.1) is 0 Å². The summed E-state index contributed by atoms with van der Waals surface area (Å²) in [5, 5.41) is 24.7. The predicted molar refractivity (Wildman–Crippen MR) is 261 cm³/mol. The molecule has 4 N–H and O–H groups in total. The van der Waals surface area contributed by atoms with Crippen molar-refractivity contribution in [2.75, 3.05) is 24.9 Å². The van der Waals surface area contributed by atoms with Gasteiger partial charge in [0.15, 0.2) is 0 Å². The van der Waals surface area contributed by atoms with E-state index >= 15 is 0 Å². The van der Waals surface area contributed by atoms with Gasteiger partial charge in [0.25, 0.3) is 0 Å². The maximum atomic E-state index is 8.81. The third-order valence-electron chi connectivity index (χ3n) is 10.3. The number of hydrogen-bond acceptors (Lipinski definition) is 12. The molecular weight excluding hydrogens is 851 g/mol. The molecule has 4 heterocycles. The number of fused-ring (bicyclic) bond motifs is 2. The summed E-state index contributed by atoms with van der Waals surface area (Å²) < 4.78 is 14.6. The van der Waals surface area contributed by atoms with Crippen LogP contribution in [0.1, 0.15) is 11.1 Å². The van der Waals surface area contributed by atoms with Crippen LogP contribution in [0.2, 0.25) is 5.15 Å². The summed E-state index contributed by atoms with van der Waals surface area (Å²) in [4.78, 5) is 25.7. The van der Waals surface area contributed by atoms with Gasteiger partial charge in [-0.3, -0.25) is 0 Å². The number of hydrogen-bond donors (Lipinski definition) is 4. The zero-order valence-electron chi connectivity index (χ0n) is 36.0. The molecule has 0 bridgehead atoms. The Hall–Kier alpha value is -8.11. The van der Waals surface area contributed by atoms with E-state index in [4.69, 9.17) is 31.1 Å². The van der Waals surface area contributed by atoms with Crippen LogP contribution in [0.5, 0.6) is 11.5 Å². The van der Waals surface area contributed by atoms with Crippen molar-refractivity contribution < 1.29 is 19.5 Å². The SMILES string of the molecule is COc1ccccc1-c1cc(Nc2cccc(Cn3cnc4ccccc43)c2)ncn1.COc1ccccc1B(O)O.Clc1cc(Nc2cccc(Cn3cnc4ccccc43)c2)ncn1. The van der Waals surface area contributed by atoms with Gasteiger partial charge in [0.05, 0.1) is 54.6 Å². The molecular formula is C50H44BClN10O4. The Labute approximate surface area is 386 Å². The number of aromatic nitrogens is 8. The van der Waals surface area contributed by atoms with Gasteiger partial charge in [-0.05, 0) is 77.9 Å². The first-order valence-electron chi connectivity index (χ1n) is 20.8. The molecule has 16 heteroatoms. The molecule has 0 saturated carbocycles. The Morgan fingerprint density at radius 2 is 1.05 bits per heavy atom. The minimum absolute atomic E-state index is 0.384. The van der Waals surface area contributed by atoms with E-state index in [1.807, 2.05) is 104 Å². The van der Waals surface area contributed by atoms with Crippen molar-refractivity contribution in [3.8, 4) is 22.8 Å². The molecule has 6 aromatic carbocycles. The van der Waals surface area contributed by atoms with E-state index in [2.05, 4.69) is 86.1 Å². The highest BCUT2D eigenvalue weighted by Crippen LogP contribution is 2.30. The second-order valence-corrected chi connectivity index (χ2v) is 15.1. The van der Waals surface area contributed by atoms with Gasteiger partial charge >= 0.3 is 7.12 Å². The normalized spacial score (nSPS) is 10.6. The number of halogens is 1. The molecule has 14 nitrogen and oxygen atoms in total. The number of nitrogens with one attached hydrogen (secondary N) is 2. The Morgan fingerprint density at radius 3 is 1.61 bits per heavy atom. The highest BCUT2D eigenvalue weighted by atomic mass is 35.5. The maximum absolute atomic E-state index is 8.81. The van der Waals surface area contributed by atoms with Gasteiger partial charge in [-0.1, -0.05) is 90.5 Å². The van der Waals surface area contributed by atoms with E-state index in [1.165, 1.54) is 24.6 Å². The molecule has 4 aromatic heterocycles. The van der Waals surface area contributed by atoms with Crippen LogP contribution in [-0.4, -0.2) is 70.4 Å². The second-order valence-electron chi connectivity index (χ2n) is 14.7. The van der Waals surface area contributed by atoms with Crippen molar-refractivity contribution in [2.24, 2.45) is 0 Å². The predicted octanol–water partition coefficient (Wildman–Crippen LogP) is 8.94. The molecule has 0 unspecified atom stereocenters. The van der Waals surface area contributed by atoms with E-state index in [1.54, 1.807) is 43.8 Å². The molecule has 0 radical (unpaired) electrons. The molecule has 10 rings (SSSR count). The van der Waals surface area contributed by atoms with Crippen molar-refractivity contribution in [2.45, 2.75) is 13.1 Å². The summed E-state index contributed by atoms with van der Waals surface area (Å²) in [7, 11) is 1.68. The zero-order chi connectivity index (χ0) is 45.7. The van der Waals surface area contributed by atoms with Crippen LogP contribution in [0.4, 0.5) is 23.0 Å². The van der Waals surface area contributed by atoms with Crippen LogP contribution in [0.15, 0.2) is 183 Å². The van der Waals surface area contributed by atoms with Gasteiger partial charge in [-0.25, -0.2) is 29.9 Å². The summed E-state index contributed by atoms with van der Waals surface area (Å²) >= 11 is 5.89. The van der Waals surface area contributed by atoms with Crippen LogP contribution >= 0.6 is 11.6 Å². The third kappa shape index (κ3) is 11.3. The van der Waals surface area contributed by atoms with E-state index in [0.29, 0.717) is 22.2 Å². The lowest BCUT2D eigenvalue weighted by Gasteiger charge is -2.11. The lowest BCUT2D eigenvalue weighted by Crippen LogP contribution is -2.30. The standard InChI is InChI=1S/C25H21N5O.C18H14ClN5.C7H9BO3/c1-31-24-12-5-2-9-20(24)22-14-25(27-16-26-22)29-19-8-6-7-18(13-19)15-30-17-28-21-10-3-4-11-23(21)30;19-17-9-18(21-11-20-17)23-14-5-3-4-13(8-14)10-24-12-22-15-6-1-2-7-16(15)24;1-11-7-5-3-2-4-6(7)8(9)10/h2-14,16-17H,15H2,1H3,(H,26,27,29);1-9,11-12H,10H2,(H,20,21,23);2-5,9-10H,1H3. The topological polar surface area (TPSA) is 170 Å². The van der Waals surface area contributed by atoms with Crippen LogP contribution < -0.4 is 25.6 Å². The second kappa shape index (κ2) is 21.5. The van der Waals surface area contributed by atoms with Crippen LogP contribution in [-0.2, 0) is 13.1 Å². The summed E-state index contributed by atoms with van der Waals surface area (Å²) in [5.41, 5.74) is 10.6. The summed E-state index contributed by atoms with van der Waals surface area (Å²) in [6.07, 6.45) is 6.75. The summed E-state index contributed by atoms with van der Waals surface area (Å²) in [6.45, 7) is 1.49. The van der Waals surface area contributed by atoms with Gasteiger partial charge in [0.1, 0.15) is 40.9 Å². The number of imidazole rings is 2. The first-order valence-corrected chi connectivity index (χ1v) is 21.1. The summed E-state index contributed by atoms with van der Waals surface area (Å²) in [5.74, 6) is 2.66. The number of rotatable bonds is 12. The van der Waals surface area contributed by atoms with E-state index in [-0.39, 0.29) is 0 Å². The summed E-state index contributed by atoms with van der Waals surface area (Å²) in [6, 6.07) is 51.0. The van der Waals surface area contributed by atoms with E-state index < -0.39 is 7.12 Å². The Balaban J connectivity index is 0.000000149. The molecule has 0 aliphatic rings. The molecule has 66 heavy (non-hydrogen) atoms. The largest absolute Gasteiger partial charge is 0.497 e. The molecule has 0 atom stereocenters. The number of ether oxygens (including phenoxy) is 2. The highest BCUT2D eigenvalue weighted by molar-refractivity contribution is 6.59. The van der Waals surface area contributed by atoms with Gasteiger partial charge < -0.3 is 39.3 Å². The number of methoxy groups -OCH3 is 2. The number of benzene rings is 6. The number of para-hydroxylation sites is 6. The molecule has 0 amide bonds. The molecule has 0 aliphatic carbocycles. The Bertz CT molecular complexity index is 3180. The van der Waals surface area contributed by atoms with Gasteiger partial charge in [0, 0.05) is 47.6 Å². The van der Waals surface area contributed by atoms with E-state index in [0.717, 1.165) is 69.4 Å². The van der Waals surface area contributed by atoms with Crippen LogP contribution in [0.3, 0.4) is 0 Å². The first-order chi connectivity index (χ1) is 32.3. The average Bonchev–Trinajstić information content (AvgIpc) is 3.96. The van der Waals surface area contributed by atoms with Crippen LogP contribution in [0.25, 0.3) is 33.3 Å². The molecule has 10 aromatic rings. The quantitative estimate of drug-likeness (QED) is 0.0680. The van der Waals surface area contributed by atoms with Crippen molar-refractivity contribution in [1.82, 2.24) is 39.0 Å². The average molecular weight is 895 g/mol. The fourth-order valence-electron chi connectivity index (χ4n) is 7.17. The van der Waals surface area contributed by atoms with E-state index in [9.17, 15) is 0 Å². The van der Waals surface area contributed by atoms with Crippen molar-refractivity contribution >= 4 is 69.3 Å². The molecule has 0 fully saturated rings. The molecule has 0 saturated heterocycles. The molecule has 0 spiro atoms. The van der Waals surface area contributed by atoms with Crippen molar-refractivity contribution in [1.29, 1.82) is 0 Å². The minimum Gasteiger partial charge on any atom is -0.497 e. The first kappa shape index (κ1) is 44.5. The fraction of sp³-hybridized carbons (Fsp3) is 0.0800.